The van der Waals surface area contributed by atoms with Gasteiger partial charge in [-0.3, -0.25) is 0 Å². The lowest BCUT2D eigenvalue weighted by Crippen LogP contribution is -2.25. The molecule has 3 nitrogen and oxygen atoms in total. The van der Waals surface area contributed by atoms with Crippen LogP contribution in [-0.2, 0) is 17.8 Å². The molecule has 0 aliphatic carbocycles. The zero-order valence-corrected chi connectivity index (χ0v) is 11.2. The third-order valence-electron chi connectivity index (χ3n) is 2.56. The summed E-state index contributed by atoms with van der Waals surface area (Å²) < 4.78 is 21.2. The van der Waals surface area contributed by atoms with Crippen LogP contribution in [0.15, 0.2) is 22.6 Å². The molecule has 92 valence electrons. The van der Waals surface area contributed by atoms with Crippen molar-refractivity contribution in [3.05, 3.63) is 29.3 Å². The molecule has 0 aromatic heterocycles. The molecule has 1 aliphatic heterocycles. The Morgan fingerprint density at radius 1 is 1.41 bits per heavy atom. The Morgan fingerprint density at radius 2 is 2.18 bits per heavy atom. The largest absolute Gasteiger partial charge is 0.591 e. The summed E-state index contributed by atoms with van der Waals surface area (Å²) in [6, 6.07) is 5.97. The Morgan fingerprint density at radius 3 is 2.88 bits per heavy atom. The van der Waals surface area contributed by atoms with Gasteiger partial charge in [0.2, 0.25) is 0 Å². The van der Waals surface area contributed by atoms with Gasteiger partial charge in [-0.1, -0.05) is 16.5 Å². The van der Waals surface area contributed by atoms with Crippen LogP contribution in [0.1, 0.15) is 31.9 Å². The van der Waals surface area contributed by atoms with Crippen molar-refractivity contribution in [1.82, 2.24) is 0 Å². The summed E-state index contributed by atoms with van der Waals surface area (Å²) in [5, 5.41) is 0. The molecule has 0 bridgehead atoms. The number of rotatable bonds is 2. The van der Waals surface area contributed by atoms with Gasteiger partial charge in [0.05, 0.1) is 12.8 Å². The van der Waals surface area contributed by atoms with Gasteiger partial charge < -0.3 is 9.29 Å². The van der Waals surface area contributed by atoms with E-state index in [1.165, 1.54) is 5.56 Å². The van der Waals surface area contributed by atoms with Crippen LogP contribution in [0.2, 0.25) is 0 Å². The SMILES string of the molecule is CC(C)(C)[S+]([O-])N=Cc1cccc2c1OCC2. The maximum Gasteiger partial charge on any atom is 0.144 e. The summed E-state index contributed by atoms with van der Waals surface area (Å²) in [6.07, 6.45) is 2.60. The van der Waals surface area contributed by atoms with Crippen molar-refractivity contribution in [2.24, 2.45) is 4.40 Å². The van der Waals surface area contributed by atoms with Crippen LogP contribution in [0.3, 0.4) is 0 Å². The van der Waals surface area contributed by atoms with E-state index in [0.717, 1.165) is 24.3 Å². The average Bonchev–Trinajstić information content (AvgIpc) is 2.72. The van der Waals surface area contributed by atoms with Crippen molar-refractivity contribution >= 4 is 17.6 Å². The highest BCUT2D eigenvalue weighted by Gasteiger charge is 2.26. The maximum absolute atomic E-state index is 11.8. The normalized spacial score (nSPS) is 16.9. The molecule has 0 saturated carbocycles. The number of hydrogen-bond acceptors (Lipinski definition) is 3. The van der Waals surface area contributed by atoms with Crippen LogP contribution in [0.5, 0.6) is 5.75 Å². The number of benzene rings is 1. The molecule has 0 fully saturated rings. The van der Waals surface area contributed by atoms with Gasteiger partial charge in [0.1, 0.15) is 21.9 Å². The molecule has 0 saturated heterocycles. The fourth-order valence-corrected chi connectivity index (χ4v) is 2.13. The molecule has 1 aliphatic rings. The van der Waals surface area contributed by atoms with E-state index >= 15 is 0 Å². The van der Waals surface area contributed by atoms with Crippen molar-refractivity contribution in [3.63, 3.8) is 0 Å². The smallest absolute Gasteiger partial charge is 0.144 e. The Labute approximate surface area is 105 Å². The van der Waals surface area contributed by atoms with Crippen molar-refractivity contribution < 1.29 is 9.29 Å². The highest BCUT2D eigenvalue weighted by Crippen LogP contribution is 2.28. The Hall–Kier alpha value is -1.00. The number of para-hydroxylation sites is 1. The number of fused-ring (bicyclic) bond motifs is 1. The second kappa shape index (κ2) is 4.70. The highest BCUT2D eigenvalue weighted by atomic mass is 32.2. The zero-order chi connectivity index (χ0) is 12.5. The van der Waals surface area contributed by atoms with E-state index in [-0.39, 0.29) is 4.75 Å². The van der Waals surface area contributed by atoms with Crippen molar-refractivity contribution in [2.45, 2.75) is 31.9 Å². The molecule has 1 aromatic rings. The van der Waals surface area contributed by atoms with E-state index in [2.05, 4.69) is 10.5 Å². The van der Waals surface area contributed by atoms with Crippen molar-refractivity contribution in [3.8, 4) is 5.75 Å². The van der Waals surface area contributed by atoms with Gasteiger partial charge in [-0.2, -0.15) is 0 Å². The quantitative estimate of drug-likeness (QED) is 0.599. The van der Waals surface area contributed by atoms with Gasteiger partial charge in [-0.05, 0) is 32.4 Å². The van der Waals surface area contributed by atoms with E-state index < -0.39 is 11.4 Å². The molecule has 0 N–H and O–H groups in total. The minimum absolute atomic E-state index is 0.324. The molecule has 0 spiro atoms. The summed E-state index contributed by atoms with van der Waals surface area (Å²) in [4.78, 5) is 0. The molecule has 4 heteroatoms. The minimum Gasteiger partial charge on any atom is -0.591 e. The van der Waals surface area contributed by atoms with Gasteiger partial charge >= 0.3 is 0 Å². The first-order valence-corrected chi connectivity index (χ1v) is 6.80. The molecule has 17 heavy (non-hydrogen) atoms. The first-order chi connectivity index (χ1) is 7.98. The molecule has 1 atom stereocenters. The van der Waals surface area contributed by atoms with Crippen LogP contribution < -0.4 is 4.74 Å². The van der Waals surface area contributed by atoms with Crippen LogP contribution in [-0.4, -0.2) is 22.1 Å². The summed E-state index contributed by atoms with van der Waals surface area (Å²) >= 11 is -1.22. The second-order valence-electron chi connectivity index (χ2n) is 5.03. The zero-order valence-electron chi connectivity index (χ0n) is 10.4. The monoisotopic (exact) mass is 251 g/mol. The molecular formula is C13H17NO2S. The Bertz CT molecular complexity index is 438. The lowest BCUT2D eigenvalue weighted by atomic mass is 10.1. The second-order valence-corrected chi connectivity index (χ2v) is 6.96. The predicted molar refractivity (Wildman–Crippen MR) is 71.1 cm³/mol. The summed E-state index contributed by atoms with van der Waals surface area (Å²) in [6.45, 7) is 6.45. The summed E-state index contributed by atoms with van der Waals surface area (Å²) in [5.74, 6) is 0.891. The van der Waals surface area contributed by atoms with Crippen molar-refractivity contribution in [2.75, 3.05) is 6.61 Å². The number of hydrogen-bond donors (Lipinski definition) is 0. The fraction of sp³-hybridized carbons (Fsp3) is 0.462. The lowest BCUT2D eigenvalue weighted by Gasteiger charge is -2.17. The van der Waals surface area contributed by atoms with Crippen molar-refractivity contribution in [1.29, 1.82) is 0 Å². The van der Waals surface area contributed by atoms with E-state index in [1.807, 2.05) is 32.9 Å². The molecule has 0 amide bonds. The van der Waals surface area contributed by atoms with Crippen LogP contribution in [0.4, 0.5) is 0 Å². The molecule has 0 radical (unpaired) electrons. The molecule has 1 aromatic carbocycles. The van der Waals surface area contributed by atoms with Gasteiger partial charge in [0, 0.05) is 12.0 Å². The van der Waals surface area contributed by atoms with E-state index in [1.54, 1.807) is 6.21 Å². The average molecular weight is 251 g/mol. The molecular weight excluding hydrogens is 234 g/mol. The maximum atomic E-state index is 11.8. The fourth-order valence-electron chi connectivity index (χ4n) is 1.61. The summed E-state index contributed by atoms with van der Waals surface area (Å²) in [5.41, 5.74) is 2.12. The molecule has 1 heterocycles. The first kappa shape index (κ1) is 12.5. The lowest BCUT2D eigenvalue weighted by molar-refractivity contribution is 0.356. The van der Waals surface area contributed by atoms with Gasteiger partial charge in [0.25, 0.3) is 0 Å². The van der Waals surface area contributed by atoms with Crippen LogP contribution in [0.25, 0.3) is 0 Å². The topological polar surface area (TPSA) is 44.7 Å². The van der Waals surface area contributed by atoms with Gasteiger partial charge in [0.15, 0.2) is 0 Å². The minimum atomic E-state index is -1.22. The van der Waals surface area contributed by atoms with E-state index in [9.17, 15) is 4.55 Å². The van der Waals surface area contributed by atoms with E-state index in [4.69, 9.17) is 4.74 Å². The van der Waals surface area contributed by atoms with Crippen LogP contribution >= 0.6 is 0 Å². The third-order valence-corrected chi connectivity index (χ3v) is 3.90. The molecule has 2 rings (SSSR count). The standard InChI is InChI=1S/C13H17NO2S/c1-13(2,3)17(15)14-9-11-6-4-5-10-7-8-16-12(10)11/h4-6,9H,7-8H2,1-3H3. The van der Waals surface area contributed by atoms with Gasteiger partial charge in [-0.15, -0.1) is 0 Å². The summed E-state index contributed by atoms with van der Waals surface area (Å²) in [7, 11) is 0. The number of ether oxygens (including phenoxy) is 1. The Balaban J connectivity index is 2.20. The Kier molecular flexibility index (Phi) is 3.45. The third kappa shape index (κ3) is 2.82. The van der Waals surface area contributed by atoms with Gasteiger partial charge in [-0.25, -0.2) is 0 Å². The number of nitrogens with zero attached hydrogens (tertiary/aromatic N) is 1. The highest BCUT2D eigenvalue weighted by molar-refractivity contribution is 7.91. The predicted octanol–water partition coefficient (Wildman–Crippen LogP) is 2.50. The first-order valence-electron chi connectivity index (χ1n) is 5.69. The van der Waals surface area contributed by atoms with E-state index in [0.29, 0.717) is 0 Å². The van der Waals surface area contributed by atoms with Crippen LogP contribution in [0, 0.1) is 0 Å². The molecule has 1 unspecified atom stereocenters.